The molecule has 0 saturated heterocycles. The summed E-state index contributed by atoms with van der Waals surface area (Å²) in [5, 5.41) is 9.44. The highest BCUT2D eigenvalue weighted by atomic mass is 32.1. The molecule has 2 N–H and O–H groups in total. The van der Waals surface area contributed by atoms with Gasteiger partial charge in [0.05, 0.1) is 0 Å². The number of anilines is 1. The molecule has 1 aromatic heterocycles. The summed E-state index contributed by atoms with van der Waals surface area (Å²) in [5.41, 5.74) is 5.43. The Hall–Kier alpha value is -0.640. The molecule has 10 heavy (non-hydrogen) atoms. The molecule has 3 nitrogen and oxygen atoms in total. The van der Waals surface area contributed by atoms with E-state index < -0.39 is 0 Å². The zero-order valence-electron chi connectivity index (χ0n) is 5.74. The minimum absolute atomic E-state index is 0.592. The van der Waals surface area contributed by atoms with E-state index in [4.69, 9.17) is 5.73 Å². The smallest absolute Gasteiger partial charge is 0.203 e. The normalized spacial score (nSPS) is 30.5. The summed E-state index contributed by atoms with van der Waals surface area (Å²) in [6.07, 6.45) is 1.26. The van der Waals surface area contributed by atoms with Crippen LogP contribution in [0.25, 0.3) is 0 Å². The lowest BCUT2D eigenvalue weighted by Gasteiger charge is -1.82. The summed E-state index contributed by atoms with van der Waals surface area (Å²) in [6.45, 7) is 2.22. The number of rotatable bonds is 1. The van der Waals surface area contributed by atoms with E-state index in [1.54, 1.807) is 0 Å². The van der Waals surface area contributed by atoms with E-state index in [1.807, 2.05) is 0 Å². The molecule has 0 unspecified atom stereocenters. The van der Waals surface area contributed by atoms with Crippen LogP contribution in [0.4, 0.5) is 5.13 Å². The number of hydrogen-bond donors (Lipinski definition) is 1. The van der Waals surface area contributed by atoms with E-state index in [-0.39, 0.29) is 0 Å². The third-order valence-electron chi connectivity index (χ3n) is 1.88. The predicted octanol–water partition coefficient (Wildman–Crippen LogP) is 1.24. The average molecular weight is 155 g/mol. The molecule has 54 valence electrons. The summed E-state index contributed by atoms with van der Waals surface area (Å²) >= 11 is 1.52. The largest absolute Gasteiger partial charge is 0.374 e. The van der Waals surface area contributed by atoms with Crippen molar-refractivity contribution in [1.82, 2.24) is 10.2 Å². The van der Waals surface area contributed by atoms with Gasteiger partial charge in [-0.15, -0.1) is 10.2 Å². The van der Waals surface area contributed by atoms with Gasteiger partial charge in [-0.25, -0.2) is 0 Å². The first kappa shape index (κ1) is 6.09. The second-order valence-corrected chi connectivity index (χ2v) is 3.84. The molecule has 2 atom stereocenters. The van der Waals surface area contributed by atoms with Gasteiger partial charge >= 0.3 is 0 Å². The molecule has 1 aromatic rings. The van der Waals surface area contributed by atoms with Crippen LogP contribution < -0.4 is 5.73 Å². The molecule has 0 aliphatic heterocycles. The Bertz CT molecular complexity index is 245. The van der Waals surface area contributed by atoms with Crippen LogP contribution in [-0.2, 0) is 0 Å². The van der Waals surface area contributed by atoms with Gasteiger partial charge in [-0.2, -0.15) is 0 Å². The van der Waals surface area contributed by atoms with Gasteiger partial charge in [0.2, 0.25) is 5.13 Å². The first-order chi connectivity index (χ1) is 4.77. The van der Waals surface area contributed by atoms with Crippen molar-refractivity contribution in [3.05, 3.63) is 5.01 Å². The summed E-state index contributed by atoms with van der Waals surface area (Å²) in [6, 6.07) is 0. The van der Waals surface area contributed by atoms with Crippen LogP contribution in [0.15, 0.2) is 0 Å². The fraction of sp³-hybridized carbons (Fsp3) is 0.667. The van der Waals surface area contributed by atoms with Crippen LogP contribution in [0, 0.1) is 5.92 Å². The topological polar surface area (TPSA) is 51.8 Å². The maximum atomic E-state index is 5.43. The van der Waals surface area contributed by atoms with Crippen molar-refractivity contribution in [2.24, 2.45) is 5.92 Å². The van der Waals surface area contributed by atoms with Crippen LogP contribution in [0.1, 0.15) is 24.3 Å². The van der Waals surface area contributed by atoms with Crippen molar-refractivity contribution in [2.45, 2.75) is 19.3 Å². The Labute approximate surface area is 63.3 Å². The quantitative estimate of drug-likeness (QED) is 0.664. The van der Waals surface area contributed by atoms with Gasteiger partial charge in [0.15, 0.2) is 0 Å². The monoisotopic (exact) mass is 155 g/mol. The van der Waals surface area contributed by atoms with E-state index in [1.165, 1.54) is 17.8 Å². The average Bonchev–Trinajstić information content (AvgIpc) is 2.42. The molecule has 0 spiro atoms. The van der Waals surface area contributed by atoms with Gasteiger partial charge in [0.1, 0.15) is 5.01 Å². The third kappa shape index (κ3) is 0.883. The van der Waals surface area contributed by atoms with Gasteiger partial charge in [-0.1, -0.05) is 18.3 Å². The van der Waals surface area contributed by atoms with Crippen molar-refractivity contribution in [3.8, 4) is 0 Å². The molecule has 4 heteroatoms. The predicted molar refractivity (Wildman–Crippen MR) is 40.8 cm³/mol. The van der Waals surface area contributed by atoms with Crippen molar-refractivity contribution in [1.29, 1.82) is 0 Å². The Balaban J connectivity index is 2.20. The zero-order valence-corrected chi connectivity index (χ0v) is 6.56. The van der Waals surface area contributed by atoms with Gasteiger partial charge in [0.25, 0.3) is 0 Å². The number of nitrogens with zero attached hydrogens (tertiary/aromatic N) is 2. The number of hydrogen-bond acceptors (Lipinski definition) is 4. The third-order valence-corrected chi connectivity index (χ3v) is 2.77. The SMILES string of the molecule is C[C@H]1C[C@@H]1c1nnc(N)s1. The van der Waals surface area contributed by atoms with Crippen LogP contribution in [0.2, 0.25) is 0 Å². The van der Waals surface area contributed by atoms with Crippen LogP contribution >= 0.6 is 11.3 Å². The lowest BCUT2D eigenvalue weighted by molar-refractivity contribution is 0.882. The molecule has 0 amide bonds. The van der Waals surface area contributed by atoms with Crippen molar-refractivity contribution in [3.63, 3.8) is 0 Å². The second-order valence-electron chi connectivity index (χ2n) is 2.80. The Morgan fingerprint density at radius 3 is 2.70 bits per heavy atom. The highest BCUT2D eigenvalue weighted by Gasteiger charge is 2.36. The van der Waals surface area contributed by atoms with Crippen LogP contribution in [-0.4, -0.2) is 10.2 Å². The number of nitrogens with two attached hydrogens (primary N) is 1. The van der Waals surface area contributed by atoms with E-state index in [0.717, 1.165) is 10.9 Å². The van der Waals surface area contributed by atoms with Crippen LogP contribution in [0.3, 0.4) is 0 Å². The number of aromatic nitrogens is 2. The van der Waals surface area contributed by atoms with Gasteiger partial charge < -0.3 is 5.73 Å². The molecule has 0 bridgehead atoms. The van der Waals surface area contributed by atoms with Crippen molar-refractivity contribution < 1.29 is 0 Å². The minimum Gasteiger partial charge on any atom is -0.374 e. The lowest BCUT2D eigenvalue weighted by Crippen LogP contribution is -1.80. The summed E-state index contributed by atoms with van der Waals surface area (Å²) in [5.74, 6) is 1.46. The standard InChI is InChI=1S/C6H9N3S/c1-3-2-4(3)5-8-9-6(7)10-5/h3-4H,2H2,1H3,(H2,7,9)/t3-,4-/m0/s1. The maximum absolute atomic E-state index is 5.43. The molecule has 1 aliphatic carbocycles. The van der Waals surface area contributed by atoms with Crippen LogP contribution in [0.5, 0.6) is 0 Å². The molecule has 0 aromatic carbocycles. The number of nitrogen functional groups attached to an aromatic ring is 1. The van der Waals surface area contributed by atoms with Gasteiger partial charge in [0, 0.05) is 5.92 Å². The second kappa shape index (κ2) is 1.92. The molecule has 1 heterocycles. The molecular formula is C6H9N3S. The van der Waals surface area contributed by atoms with E-state index >= 15 is 0 Å². The summed E-state index contributed by atoms with van der Waals surface area (Å²) in [7, 11) is 0. The van der Waals surface area contributed by atoms with Gasteiger partial charge in [-0.05, 0) is 12.3 Å². The lowest BCUT2D eigenvalue weighted by atomic mass is 10.4. The maximum Gasteiger partial charge on any atom is 0.203 e. The van der Waals surface area contributed by atoms with Crippen molar-refractivity contribution >= 4 is 16.5 Å². The van der Waals surface area contributed by atoms with E-state index in [9.17, 15) is 0 Å². The molecule has 1 saturated carbocycles. The Kier molecular flexibility index (Phi) is 1.17. The zero-order chi connectivity index (χ0) is 7.14. The first-order valence-electron chi connectivity index (χ1n) is 3.36. The van der Waals surface area contributed by atoms with Gasteiger partial charge in [-0.3, -0.25) is 0 Å². The molecule has 1 aliphatic rings. The Morgan fingerprint density at radius 1 is 1.60 bits per heavy atom. The minimum atomic E-state index is 0.592. The van der Waals surface area contributed by atoms with E-state index in [2.05, 4.69) is 17.1 Å². The fourth-order valence-electron chi connectivity index (χ4n) is 1.06. The highest BCUT2D eigenvalue weighted by Crippen LogP contribution is 2.47. The van der Waals surface area contributed by atoms with Crippen molar-refractivity contribution in [2.75, 3.05) is 5.73 Å². The molecule has 1 fully saturated rings. The summed E-state index contributed by atoms with van der Waals surface area (Å²) in [4.78, 5) is 0. The van der Waals surface area contributed by atoms with E-state index in [0.29, 0.717) is 11.0 Å². The highest BCUT2D eigenvalue weighted by molar-refractivity contribution is 7.15. The summed E-state index contributed by atoms with van der Waals surface area (Å²) < 4.78 is 0. The first-order valence-corrected chi connectivity index (χ1v) is 4.18. The molecular weight excluding hydrogens is 146 g/mol. The molecule has 2 rings (SSSR count). The molecule has 0 radical (unpaired) electrons. The fourth-order valence-corrected chi connectivity index (χ4v) is 1.92. The Morgan fingerprint density at radius 2 is 2.30 bits per heavy atom.